The van der Waals surface area contributed by atoms with Crippen LogP contribution >= 0.6 is 0 Å². The van der Waals surface area contributed by atoms with E-state index in [9.17, 15) is 33.9 Å². The zero-order chi connectivity index (χ0) is 73.0. The minimum absolute atomic E-state index is 0.0153. The fourth-order valence-electron chi connectivity index (χ4n) is 13.0. The normalized spacial score (nSPS) is 27.6. The van der Waals surface area contributed by atoms with Gasteiger partial charge in [-0.05, 0) is 81.5 Å². The molecule has 14 atom stereocenters. The van der Waals surface area contributed by atoms with Crippen molar-refractivity contribution in [1.82, 2.24) is 49.8 Å². The number of allylic oxidation sites excluding steroid dienone is 2. The lowest BCUT2D eigenvalue weighted by molar-refractivity contribution is -0.157. The number of carbonyl (C=O) groups is 12. The maximum atomic E-state index is 15.3. The highest BCUT2D eigenvalue weighted by molar-refractivity contribution is 6.00. The molecule has 0 bridgehead atoms. The van der Waals surface area contributed by atoms with E-state index in [1.54, 1.807) is 86.3 Å². The van der Waals surface area contributed by atoms with Crippen molar-refractivity contribution in [2.24, 2.45) is 59.2 Å². The molecule has 0 saturated carbocycles. The van der Waals surface area contributed by atoms with Gasteiger partial charge in [-0.3, -0.25) is 57.5 Å². The number of ketones is 3. The van der Waals surface area contributed by atoms with Crippen LogP contribution < -0.4 is 10.6 Å². The minimum atomic E-state index is -1.64. The number of piperazine rings is 1. The van der Waals surface area contributed by atoms with E-state index < -0.39 is 161 Å². The molecule has 0 aliphatic carbocycles. The summed E-state index contributed by atoms with van der Waals surface area (Å²) in [5, 5.41) is 18.2. The summed E-state index contributed by atoms with van der Waals surface area (Å²) in [5.74, 6) is -12.5. The maximum Gasteiger partial charge on any atom is 0.248 e. The molecule has 24 heteroatoms. The molecule has 9 amide bonds. The topological polar surface area (TPSA) is 284 Å². The molecule has 2 aliphatic heterocycles. The molecule has 3 N–H and O–H groups in total. The van der Waals surface area contributed by atoms with Crippen molar-refractivity contribution in [1.29, 1.82) is 0 Å². The van der Waals surface area contributed by atoms with Crippen molar-refractivity contribution in [2.45, 2.75) is 224 Å². The second-order valence-electron chi connectivity index (χ2n) is 29.4. The lowest BCUT2D eigenvalue weighted by atomic mass is 9.83. The molecule has 0 radical (unpaired) electrons. The molecule has 0 aromatic carbocycles. The molecule has 542 valence electrons. The monoisotopic (exact) mass is 1340 g/mol. The molecule has 95 heavy (non-hydrogen) atoms. The number of Topliss-reactive ketones (excluding diaryl/α,β-unsaturated/α-hetero) is 3. The Labute approximate surface area is 569 Å². The van der Waals surface area contributed by atoms with Crippen LogP contribution in [0.15, 0.2) is 12.2 Å². The number of nitrogens with one attached hydrogen (secondary N) is 2. The first-order chi connectivity index (χ1) is 44.1. The van der Waals surface area contributed by atoms with Crippen LogP contribution in [0.2, 0.25) is 0 Å². The maximum absolute atomic E-state index is 15.3. The summed E-state index contributed by atoms with van der Waals surface area (Å²) in [5.41, 5.74) is 0. The molecule has 0 spiro atoms. The van der Waals surface area contributed by atoms with Crippen molar-refractivity contribution in [3.05, 3.63) is 12.2 Å². The van der Waals surface area contributed by atoms with Crippen molar-refractivity contribution in [2.75, 3.05) is 88.7 Å². The van der Waals surface area contributed by atoms with E-state index in [1.807, 2.05) is 41.5 Å². The predicted molar refractivity (Wildman–Crippen MR) is 367 cm³/mol. The van der Waals surface area contributed by atoms with Gasteiger partial charge in [0.2, 0.25) is 53.2 Å². The number of hydrogen-bond donors (Lipinski definition) is 3. The second kappa shape index (κ2) is 39.3. The highest BCUT2D eigenvalue weighted by Gasteiger charge is 2.46. The first-order valence-corrected chi connectivity index (χ1v) is 34.7. The van der Waals surface area contributed by atoms with E-state index in [0.29, 0.717) is 32.6 Å². The number of aliphatic hydroxyl groups excluding tert-OH is 1. The van der Waals surface area contributed by atoms with Crippen molar-refractivity contribution >= 4 is 70.5 Å². The number of amides is 9. The van der Waals surface area contributed by atoms with Crippen molar-refractivity contribution in [3.8, 4) is 0 Å². The highest BCUT2D eigenvalue weighted by Crippen LogP contribution is 2.30. The summed E-state index contributed by atoms with van der Waals surface area (Å²) >= 11 is 0. The number of rotatable bonds is 18. The Morgan fingerprint density at radius 1 is 0.537 bits per heavy atom. The van der Waals surface area contributed by atoms with Crippen LogP contribution in [-0.4, -0.2) is 258 Å². The smallest absolute Gasteiger partial charge is 0.248 e. The molecule has 2 heterocycles. The lowest BCUT2D eigenvalue weighted by Crippen LogP contribution is -2.63. The molecule has 2 saturated heterocycles. The van der Waals surface area contributed by atoms with E-state index in [-0.39, 0.29) is 81.2 Å². The molecule has 0 aromatic heterocycles. The average molecular weight is 1340 g/mol. The third kappa shape index (κ3) is 23.5. The number of ether oxygens (including phenoxy) is 1. The fourth-order valence-corrected chi connectivity index (χ4v) is 13.0. The van der Waals surface area contributed by atoms with E-state index in [1.165, 1.54) is 80.8 Å². The lowest BCUT2D eigenvalue weighted by Gasteiger charge is -2.41. The van der Waals surface area contributed by atoms with Crippen molar-refractivity contribution < 1.29 is 67.4 Å². The quantitative estimate of drug-likeness (QED) is 0.153. The van der Waals surface area contributed by atoms with Crippen LogP contribution in [-0.2, 0) is 62.3 Å². The molecule has 24 nitrogen and oxygen atoms in total. The Bertz CT molecular complexity index is 2640. The summed E-state index contributed by atoms with van der Waals surface area (Å²) in [6.45, 7) is 31.6. The van der Waals surface area contributed by atoms with Crippen molar-refractivity contribution in [3.63, 3.8) is 0 Å². The third-order valence-corrected chi connectivity index (χ3v) is 19.4. The largest absolute Gasteiger partial charge is 0.390 e. The predicted octanol–water partition coefficient (Wildman–Crippen LogP) is 4.97. The Morgan fingerprint density at radius 3 is 1.51 bits per heavy atom. The summed E-state index contributed by atoms with van der Waals surface area (Å²) in [6, 6.07) is -10.1. The molecule has 0 aromatic rings. The zero-order valence-corrected chi connectivity index (χ0v) is 62.4. The van der Waals surface area contributed by atoms with Gasteiger partial charge in [0.25, 0.3) is 0 Å². The number of aliphatic hydroxyl groups is 1. The van der Waals surface area contributed by atoms with Gasteiger partial charge >= 0.3 is 0 Å². The first kappa shape index (κ1) is 84.9. The van der Waals surface area contributed by atoms with Gasteiger partial charge in [-0.15, -0.1) is 0 Å². The Morgan fingerprint density at radius 2 is 1.01 bits per heavy atom. The second-order valence-corrected chi connectivity index (χ2v) is 29.4. The zero-order valence-electron chi connectivity index (χ0n) is 62.4. The number of hydrogen-bond acceptors (Lipinski definition) is 15. The Kier molecular flexibility index (Phi) is 35.1. The van der Waals surface area contributed by atoms with Gasteiger partial charge in [0.05, 0.1) is 24.8 Å². The molecule has 2 rings (SSSR count). The van der Waals surface area contributed by atoms with E-state index >= 15 is 28.8 Å². The van der Waals surface area contributed by atoms with Gasteiger partial charge < -0.3 is 59.7 Å². The SMILES string of the molecule is C/C=C/C[C@@H](C)[C@@H](O)C1C(=O)N[C@@H](CC)C(=O)N(C)[C@H](C)C(=O)N(C)[C@@H]([C@H](C)COCC(=O)N2CCNCC2)C(=O)C[C@@H](C(C)C)C(=O)N(C)[C@@H](CC(C)C)C(=O)C[C@@H](C)C(=O)C[C@H](C)C(=O)N(C)[C@@H](CC(C)C)C(=O)N(C)[C@@H](CC(C)C)C(=O)N(C)[C@@H](C(C)C)C(=O)N1C. The summed E-state index contributed by atoms with van der Waals surface area (Å²) < 4.78 is 5.99. The number of likely N-dealkylation sites (N-methyl/N-ethyl adjacent to an activating group) is 7. The van der Waals surface area contributed by atoms with Crippen LogP contribution in [0.5, 0.6) is 0 Å². The van der Waals surface area contributed by atoms with Gasteiger partial charge in [-0.1, -0.05) is 116 Å². The molecular formula is C71H124N10O14. The van der Waals surface area contributed by atoms with E-state index in [0.717, 1.165) is 9.80 Å². The molecule has 1 unspecified atom stereocenters. The summed E-state index contributed by atoms with van der Waals surface area (Å²) in [4.78, 5) is 188. The van der Waals surface area contributed by atoms with E-state index in [2.05, 4.69) is 10.6 Å². The first-order valence-electron chi connectivity index (χ1n) is 34.7. The number of nitrogens with zero attached hydrogens (tertiary/aromatic N) is 8. The van der Waals surface area contributed by atoms with Crippen LogP contribution in [0.4, 0.5) is 0 Å². The molecular weight excluding hydrogens is 1220 g/mol. The van der Waals surface area contributed by atoms with Gasteiger partial charge in [0, 0.05) is 118 Å². The van der Waals surface area contributed by atoms with Crippen LogP contribution in [0, 0.1) is 59.2 Å². The molecule has 2 aliphatic rings. The van der Waals surface area contributed by atoms with Crippen LogP contribution in [0.25, 0.3) is 0 Å². The number of carbonyl (C=O) groups excluding carboxylic acids is 12. The van der Waals surface area contributed by atoms with Gasteiger partial charge in [-0.25, -0.2) is 0 Å². The van der Waals surface area contributed by atoms with Gasteiger partial charge in [0.15, 0.2) is 11.6 Å². The van der Waals surface area contributed by atoms with E-state index in [4.69, 9.17) is 4.74 Å². The fraction of sp³-hybridized carbons (Fsp3) is 0.803. The van der Waals surface area contributed by atoms with Crippen LogP contribution in [0.3, 0.4) is 0 Å². The average Bonchev–Trinajstić information content (AvgIpc) is 0.810. The minimum Gasteiger partial charge on any atom is -0.390 e. The van der Waals surface area contributed by atoms with Gasteiger partial charge in [-0.2, -0.15) is 0 Å². The summed E-state index contributed by atoms with van der Waals surface area (Å²) in [6.07, 6.45) is 1.96. The standard InChI is InChI=1S/C71H124N10O14/c1-25-27-28-46(13)63(86)62-64(87)73-52(26-2)68(91)74(18)50(17)66(89)79(23)61(49(16)39-95-40-59(85)81-31-29-72-30-32-81)58(84)38-51(44(9)10)67(90)75(19)53(33-41(3)4)57(83)36-47(14)56(82)37-48(15)65(88)76(20)54(34-42(5)6)69(92)77(21)55(35-43(7)8)70(93)78(22)60(45(11)12)71(94)80(62)24/h25,27,41-55,60-63,72,86H,26,28-40H2,1-24H3,(H,73,87)/b27-25+/t46-,47-,48+,49-,50-,51+,52+,53+,54+,55+,60+,61+,62?,63-/m1/s1. The third-order valence-electron chi connectivity index (χ3n) is 19.4. The molecule has 2 fully saturated rings. The van der Waals surface area contributed by atoms with Gasteiger partial charge in [0.1, 0.15) is 48.6 Å². The summed E-state index contributed by atoms with van der Waals surface area (Å²) in [7, 11) is 10.1. The Hall–Kier alpha value is -6.14. The highest BCUT2D eigenvalue weighted by atomic mass is 16.5. The van der Waals surface area contributed by atoms with Crippen LogP contribution in [0.1, 0.15) is 169 Å². The Balaban J connectivity index is 3.03.